The van der Waals surface area contributed by atoms with E-state index in [1.165, 1.54) is 4.57 Å². The molecule has 0 amide bonds. The van der Waals surface area contributed by atoms with Gasteiger partial charge in [-0.2, -0.15) is 0 Å². The van der Waals surface area contributed by atoms with E-state index in [9.17, 15) is 9.59 Å². The van der Waals surface area contributed by atoms with E-state index in [4.69, 9.17) is 10.0 Å². The van der Waals surface area contributed by atoms with E-state index in [1.807, 2.05) is 6.92 Å². The van der Waals surface area contributed by atoms with Gasteiger partial charge in [0.05, 0.1) is 6.54 Å². The summed E-state index contributed by atoms with van der Waals surface area (Å²) < 4.78 is 1.42. The minimum Gasteiger partial charge on any atom is -0.423 e. The predicted molar refractivity (Wildman–Crippen MR) is 76.1 cm³/mol. The van der Waals surface area contributed by atoms with Gasteiger partial charge >= 0.3 is 12.8 Å². The molecule has 3 N–H and O–H groups in total. The third-order valence-corrected chi connectivity index (χ3v) is 3.10. The number of benzene rings is 1. The predicted octanol–water partition coefficient (Wildman–Crippen LogP) is -1.17. The molecule has 0 saturated carbocycles. The highest BCUT2D eigenvalue weighted by Gasteiger charge is 2.10. The highest BCUT2D eigenvalue weighted by Crippen LogP contribution is 2.00. The molecule has 0 spiro atoms. The van der Waals surface area contributed by atoms with E-state index in [-0.39, 0.29) is 5.56 Å². The molecule has 0 aliphatic carbocycles. The Kier molecular flexibility index (Phi) is 4.21. The maximum absolute atomic E-state index is 11.7. The summed E-state index contributed by atoms with van der Waals surface area (Å²) >= 11 is 0. The average Bonchev–Trinajstić information content (AvgIpc) is 2.42. The molecule has 20 heavy (non-hydrogen) atoms. The summed E-state index contributed by atoms with van der Waals surface area (Å²) in [6, 6.07) is 6.57. The third kappa shape index (κ3) is 3.07. The van der Waals surface area contributed by atoms with Crippen LogP contribution < -0.4 is 16.7 Å². The Hall–Kier alpha value is -2.12. The van der Waals surface area contributed by atoms with Gasteiger partial charge in [0.2, 0.25) is 0 Å². The molecule has 1 aromatic heterocycles. The number of nitrogens with one attached hydrogen (secondary N) is 1. The highest BCUT2D eigenvalue weighted by molar-refractivity contribution is 6.58. The van der Waals surface area contributed by atoms with Crippen molar-refractivity contribution in [1.82, 2.24) is 9.55 Å². The first kappa shape index (κ1) is 14.3. The second-order valence-corrected chi connectivity index (χ2v) is 4.51. The van der Waals surface area contributed by atoms with Crippen molar-refractivity contribution in [3.05, 3.63) is 62.4 Å². The van der Waals surface area contributed by atoms with Crippen LogP contribution in [-0.4, -0.2) is 26.7 Å². The molecule has 1 aromatic carbocycles. The summed E-state index contributed by atoms with van der Waals surface area (Å²) in [5.41, 5.74) is 0.945. The summed E-state index contributed by atoms with van der Waals surface area (Å²) in [6.07, 6.45) is 2.10. The number of hydrogen-bond donors (Lipinski definition) is 3. The molecule has 104 valence electrons. The van der Waals surface area contributed by atoms with E-state index in [2.05, 4.69) is 4.98 Å². The van der Waals surface area contributed by atoms with Crippen LogP contribution in [-0.2, 0) is 13.0 Å². The van der Waals surface area contributed by atoms with E-state index in [0.29, 0.717) is 24.0 Å². The summed E-state index contributed by atoms with van der Waals surface area (Å²) in [5.74, 6) is 0. The van der Waals surface area contributed by atoms with Gasteiger partial charge in [-0.25, -0.2) is 4.79 Å². The SMILES string of the molecule is CCc1cn(Cc2ccc(B(O)O)cc2)c(=O)[nH]c1=O. The van der Waals surface area contributed by atoms with Gasteiger partial charge in [-0.05, 0) is 17.4 Å². The van der Waals surface area contributed by atoms with Gasteiger partial charge in [-0.15, -0.1) is 0 Å². The van der Waals surface area contributed by atoms with Crippen molar-refractivity contribution in [3.8, 4) is 0 Å². The van der Waals surface area contributed by atoms with Crippen LogP contribution in [0, 0.1) is 0 Å². The number of aromatic nitrogens is 2. The molecule has 0 saturated heterocycles. The van der Waals surface area contributed by atoms with E-state index >= 15 is 0 Å². The van der Waals surface area contributed by atoms with Gasteiger partial charge in [0.1, 0.15) is 0 Å². The molecule has 6 nitrogen and oxygen atoms in total. The molecule has 0 aliphatic rings. The van der Waals surface area contributed by atoms with Gasteiger partial charge in [0, 0.05) is 11.8 Å². The van der Waals surface area contributed by atoms with Crippen molar-refractivity contribution in [1.29, 1.82) is 0 Å². The van der Waals surface area contributed by atoms with E-state index in [0.717, 1.165) is 5.56 Å². The molecule has 0 unspecified atom stereocenters. The Bertz CT molecular complexity index is 704. The van der Waals surface area contributed by atoms with Crippen LogP contribution in [0.5, 0.6) is 0 Å². The summed E-state index contributed by atoms with van der Waals surface area (Å²) in [5, 5.41) is 18.0. The Morgan fingerprint density at radius 3 is 2.40 bits per heavy atom. The molecule has 0 fully saturated rings. The smallest absolute Gasteiger partial charge is 0.423 e. The topological polar surface area (TPSA) is 95.3 Å². The first-order valence-corrected chi connectivity index (χ1v) is 6.29. The molecule has 7 heteroatoms. The molecule has 1 heterocycles. The number of hydrogen-bond acceptors (Lipinski definition) is 4. The minimum absolute atomic E-state index is 0.310. The summed E-state index contributed by atoms with van der Waals surface area (Å²) in [7, 11) is -1.51. The molecule has 2 rings (SSSR count). The summed E-state index contributed by atoms with van der Waals surface area (Å²) in [4.78, 5) is 25.5. The molecule has 0 atom stereocenters. The van der Waals surface area contributed by atoms with E-state index in [1.54, 1.807) is 30.5 Å². The Morgan fingerprint density at radius 2 is 1.85 bits per heavy atom. The second kappa shape index (κ2) is 5.89. The lowest BCUT2D eigenvalue weighted by molar-refractivity contribution is 0.426. The Balaban J connectivity index is 2.30. The van der Waals surface area contributed by atoms with Crippen LogP contribution in [0.1, 0.15) is 18.1 Å². The first-order chi connectivity index (χ1) is 9.51. The third-order valence-electron chi connectivity index (χ3n) is 3.10. The molecule has 0 bridgehead atoms. The van der Waals surface area contributed by atoms with Crippen LogP contribution in [0.3, 0.4) is 0 Å². The van der Waals surface area contributed by atoms with Crippen LogP contribution in [0.2, 0.25) is 0 Å². The number of aromatic amines is 1. The zero-order chi connectivity index (χ0) is 14.7. The van der Waals surface area contributed by atoms with Crippen LogP contribution in [0.25, 0.3) is 0 Å². The lowest BCUT2D eigenvalue weighted by atomic mass is 9.80. The molecule has 2 aromatic rings. The highest BCUT2D eigenvalue weighted by atomic mass is 16.4. The number of nitrogens with zero attached hydrogens (tertiary/aromatic N) is 1. The maximum Gasteiger partial charge on any atom is 0.488 e. The van der Waals surface area contributed by atoms with Crippen LogP contribution in [0.4, 0.5) is 0 Å². The zero-order valence-electron chi connectivity index (χ0n) is 11.0. The van der Waals surface area contributed by atoms with Crippen LogP contribution >= 0.6 is 0 Å². The van der Waals surface area contributed by atoms with Crippen molar-refractivity contribution >= 4 is 12.6 Å². The van der Waals surface area contributed by atoms with Gasteiger partial charge in [-0.3, -0.25) is 14.3 Å². The fourth-order valence-corrected chi connectivity index (χ4v) is 1.92. The van der Waals surface area contributed by atoms with E-state index < -0.39 is 12.8 Å². The minimum atomic E-state index is -1.51. The van der Waals surface area contributed by atoms with Gasteiger partial charge in [0.15, 0.2) is 0 Å². The largest absolute Gasteiger partial charge is 0.488 e. The van der Waals surface area contributed by atoms with Crippen molar-refractivity contribution in [2.24, 2.45) is 0 Å². The lowest BCUT2D eigenvalue weighted by Crippen LogP contribution is -2.32. The number of aryl methyl sites for hydroxylation is 1. The first-order valence-electron chi connectivity index (χ1n) is 6.29. The number of rotatable bonds is 4. The molecular weight excluding hydrogens is 259 g/mol. The van der Waals surface area contributed by atoms with Crippen molar-refractivity contribution in [2.45, 2.75) is 19.9 Å². The van der Waals surface area contributed by atoms with Gasteiger partial charge in [-0.1, -0.05) is 31.2 Å². The molecular formula is C13H15BN2O4. The van der Waals surface area contributed by atoms with Gasteiger partial charge < -0.3 is 10.0 Å². The van der Waals surface area contributed by atoms with Gasteiger partial charge in [0.25, 0.3) is 5.56 Å². The molecule has 0 aliphatic heterocycles. The normalized spacial score (nSPS) is 10.6. The average molecular weight is 274 g/mol. The van der Waals surface area contributed by atoms with Crippen molar-refractivity contribution in [3.63, 3.8) is 0 Å². The van der Waals surface area contributed by atoms with Crippen molar-refractivity contribution in [2.75, 3.05) is 0 Å². The quantitative estimate of drug-likeness (QED) is 0.612. The Morgan fingerprint density at radius 1 is 1.20 bits per heavy atom. The standard InChI is InChI=1S/C13H15BN2O4/c1-2-10-8-16(13(18)15-12(10)17)7-9-3-5-11(6-4-9)14(19)20/h3-6,8,19-20H,2,7H2,1H3,(H,15,17,18). The Labute approximate surface area is 115 Å². The molecule has 0 radical (unpaired) electrons. The van der Waals surface area contributed by atoms with Crippen LogP contribution in [0.15, 0.2) is 40.1 Å². The fourth-order valence-electron chi connectivity index (χ4n) is 1.92. The maximum atomic E-state index is 11.7. The lowest BCUT2D eigenvalue weighted by Gasteiger charge is -2.07. The zero-order valence-corrected chi connectivity index (χ0v) is 11.0. The summed E-state index contributed by atoms with van der Waals surface area (Å²) in [6.45, 7) is 2.15. The number of H-pyrrole nitrogens is 1. The fraction of sp³-hybridized carbons (Fsp3) is 0.231. The van der Waals surface area contributed by atoms with Crippen molar-refractivity contribution < 1.29 is 10.0 Å². The monoisotopic (exact) mass is 274 g/mol. The second-order valence-electron chi connectivity index (χ2n) is 4.51.